The summed E-state index contributed by atoms with van der Waals surface area (Å²) in [6.45, 7) is 3.61. The van der Waals surface area contributed by atoms with E-state index in [9.17, 15) is 13.2 Å². The fourth-order valence-electron chi connectivity index (χ4n) is 2.46. The Morgan fingerprint density at radius 1 is 1.15 bits per heavy atom. The van der Waals surface area contributed by atoms with Crippen LogP contribution in [0.25, 0.3) is 10.8 Å². The van der Waals surface area contributed by atoms with E-state index in [1.54, 1.807) is 37.5 Å². The number of nitrogens with zero attached hydrogens (tertiary/aromatic N) is 3. The molecule has 0 saturated carbocycles. The number of nitrogens with one attached hydrogen (secondary N) is 1. The quantitative estimate of drug-likeness (QED) is 0.704. The molecule has 0 radical (unpaired) electrons. The number of rotatable bonds is 5. The zero-order valence-electron chi connectivity index (χ0n) is 15.0. The Balaban J connectivity index is 1.76. The number of carbonyl (C=O) groups is 1. The fourth-order valence-corrected chi connectivity index (χ4v) is 4.01. The number of benzene rings is 1. The molecule has 1 aromatic carbocycles. The first-order valence-electron chi connectivity index (χ1n) is 8.11. The van der Waals surface area contributed by atoms with Gasteiger partial charge in [0, 0.05) is 18.6 Å². The van der Waals surface area contributed by atoms with Crippen LogP contribution in [0.3, 0.4) is 0 Å². The van der Waals surface area contributed by atoms with Crippen LogP contribution in [0.1, 0.15) is 33.9 Å². The molecule has 0 bridgehead atoms. The van der Waals surface area contributed by atoms with E-state index in [2.05, 4.69) is 20.3 Å². The maximum atomic E-state index is 12.6. The van der Waals surface area contributed by atoms with E-state index in [1.165, 1.54) is 23.5 Å². The number of hydrogen-bond acceptors (Lipinski definition) is 7. The third-order valence-electron chi connectivity index (χ3n) is 3.92. The molecule has 1 unspecified atom stereocenters. The van der Waals surface area contributed by atoms with Gasteiger partial charge in [0.05, 0.1) is 16.6 Å². The fraction of sp³-hybridized carbons (Fsp3) is 0.222. The van der Waals surface area contributed by atoms with E-state index in [0.717, 1.165) is 11.8 Å². The van der Waals surface area contributed by atoms with E-state index >= 15 is 0 Å². The second kappa shape index (κ2) is 7.53. The molecule has 0 aliphatic heterocycles. The summed E-state index contributed by atoms with van der Waals surface area (Å²) in [7, 11) is -3.25. The van der Waals surface area contributed by atoms with Crippen molar-refractivity contribution in [2.75, 3.05) is 6.26 Å². The van der Waals surface area contributed by atoms with Crippen molar-refractivity contribution >= 4 is 27.1 Å². The van der Waals surface area contributed by atoms with Crippen LogP contribution in [-0.2, 0) is 9.84 Å². The number of carbonyl (C=O) groups excluding carboxylic acids is 1. The van der Waals surface area contributed by atoms with Crippen molar-refractivity contribution < 1.29 is 13.2 Å². The van der Waals surface area contributed by atoms with Gasteiger partial charge in [0.15, 0.2) is 20.7 Å². The zero-order valence-corrected chi connectivity index (χ0v) is 16.6. The minimum absolute atomic E-state index is 0.244. The summed E-state index contributed by atoms with van der Waals surface area (Å²) in [5.74, 6) is 0.237. The Bertz CT molecular complexity index is 1060. The molecule has 9 heteroatoms. The number of thiazole rings is 1. The van der Waals surface area contributed by atoms with Crippen molar-refractivity contribution in [1.29, 1.82) is 0 Å². The van der Waals surface area contributed by atoms with Crippen LogP contribution in [-0.4, -0.2) is 35.5 Å². The lowest BCUT2D eigenvalue weighted by atomic mass is 10.1. The Hall–Kier alpha value is -2.65. The molecule has 1 amide bonds. The lowest BCUT2D eigenvalue weighted by molar-refractivity contribution is 0.0943. The highest BCUT2D eigenvalue weighted by Gasteiger charge is 2.19. The van der Waals surface area contributed by atoms with Gasteiger partial charge in [0.1, 0.15) is 4.88 Å². The van der Waals surface area contributed by atoms with Gasteiger partial charge in [0.2, 0.25) is 0 Å². The topological polar surface area (TPSA) is 102 Å². The van der Waals surface area contributed by atoms with E-state index in [-0.39, 0.29) is 16.8 Å². The molecule has 140 valence electrons. The summed E-state index contributed by atoms with van der Waals surface area (Å²) in [5.41, 5.74) is 1.42. The van der Waals surface area contributed by atoms with Crippen molar-refractivity contribution in [3.8, 4) is 10.8 Å². The van der Waals surface area contributed by atoms with Crippen LogP contribution in [0, 0.1) is 6.92 Å². The van der Waals surface area contributed by atoms with Crippen LogP contribution in [0.4, 0.5) is 0 Å². The SMILES string of the molecule is Cc1nc(-c2ncccn2)sc1C(=O)NC(C)c1ccc(S(C)(=O)=O)cc1. The predicted octanol–water partition coefficient (Wildman–Crippen LogP) is 2.80. The molecule has 2 aromatic heterocycles. The first-order chi connectivity index (χ1) is 12.8. The molecular weight excluding hydrogens is 384 g/mol. The van der Waals surface area contributed by atoms with Crippen molar-refractivity contribution in [3.05, 3.63) is 58.9 Å². The predicted molar refractivity (Wildman–Crippen MR) is 103 cm³/mol. The number of amides is 1. The summed E-state index contributed by atoms with van der Waals surface area (Å²) >= 11 is 1.24. The minimum Gasteiger partial charge on any atom is -0.345 e. The average molecular weight is 403 g/mol. The van der Waals surface area contributed by atoms with Gasteiger partial charge >= 0.3 is 0 Å². The van der Waals surface area contributed by atoms with Gasteiger partial charge in [-0.3, -0.25) is 4.79 Å². The number of aromatic nitrogens is 3. The molecule has 27 heavy (non-hydrogen) atoms. The Labute approximate surface area is 161 Å². The van der Waals surface area contributed by atoms with Crippen LogP contribution in [0.5, 0.6) is 0 Å². The first kappa shape index (κ1) is 19.1. The van der Waals surface area contributed by atoms with Gasteiger partial charge < -0.3 is 5.32 Å². The summed E-state index contributed by atoms with van der Waals surface area (Å²) in [5, 5.41) is 3.50. The lowest BCUT2D eigenvalue weighted by Gasteiger charge is -2.14. The number of aryl methyl sites for hydroxylation is 1. The highest BCUT2D eigenvalue weighted by atomic mass is 32.2. The molecule has 0 saturated heterocycles. The van der Waals surface area contributed by atoms with Crippen LogP contribution >= 0.6 is 11.3 Å². The van der Waals surface area contributed by atoms with Crippen molar-refractivity contribution in [1.82, 2.24) is 20.3 Å². The maximum absolute atomic E-state index is 12.6. The van der Waals surface area contributed by atoms with Gasteiger partial charge in [-0.1, -0.05) is 12.1 Å². The molecule has 0 aliphatic rings. The van der Waals surface area contributed by atoms with E-state index in [4.69, 9.17) is 0 Å². The normalized spacial score (nSPS) is 12.6. The zero-order chi connectivity index (χ0) is 19.6. The third kappa shape index (κ3) is 4.37. The molecule has 1 N–H and O–H groups in total. The van der Waals surface area contributed by atoms with Crippen molar-refractivity contribution in [2.24, 2.45) is 0 Å². The highest BCUT2D eigenvalue weighted by Crippen LogP contribution is 2.26. The minimum atomic E-state index is -3.25. The van der Waals surface area contributed by atoms with Gasteiger partial charge in [0.25, 0.3) is 5.91 Å². The molecular formula is C18H18N4O3S2. The van der Waals surface area contributed by atoms with Crippen molar-refractivity contribution in [2.45, 2.75) is 24.8 Å². The number of hydrogen-bond donors (Lipinski definition) is 1. The molecule has 0 aliphatic carbocycles. The van der Waals surface area contributed by atoms with Gasteiger partial charge in [-0.2, -0.15) is 0 Å². The molecule has 0 fully saturated rings. The summed E-state index contributed by atoms with van der Waals surface area (Å²) in [6.07, 6.45) is 4.41. The largest absolute Gasteiger partial charge is 0.345 e. The molecule has 2 heterocycles. The molecule has 3 aromatic rings. The highest BCUT2D eigenvalue weighted by molar-refractivity contribution is 7.90. The second-order valence-corrected chi connectivity index (χ2v) is 9.06. The van der Waals surface area contributed by atoms with Gasteiger partial charge in [-0.05, 0) is 37.6 Å². The first-order valence-corrected chi connectivity index (χ1v) is 10.8. The maximum Gasteiger partial charge on any atom is 0.263 e. The molecule has 7 nitrogen and oxygen atoms in total. The standard InChI is InChI=1S/C18H18N4O3S2/c1-11(13-5-7-14(8-6-13)27(3,24)25)21-17(23)15-12(2)22-18(26-15)16-19-9-4-10-20-16/h4-11H,1-3H3,(H,21,23). The molecule has 0 spiro atoms. The lowest BCUT2D eigenvalue weighted by Crippen LogP contribution is -2.26. The summed E-state index contributed by atoms with van der Waals surface area (Å²) in [6, 6.07) is 7.90. The molecule has 3 rings (SSSR count). The molecule has 1 atom stereocenters. The van der Waals surface area contributed by atoms with Crippen LogP contribution < -0.4 is 5.32 Å². The monoisotopic (exact) mass is 402 g/mol. The van der Waals surface area contributed by atoms with E-state index in [1.807, 2.05) is 6.92 Å². The Kier molecular flexibility index (Phi) is 5.33. The van der Waals surface area contributed by atoms with Gasteiger partial charge in [-0.15, -0.1) is 11.3 Å². The van der Waals surface area contributed by atoms with Crippen LogP contribution in [0.2, 0.25) is 0 Å². The van der Waals surface area contributed by atoms with Crippen molar-refractivity contribution in [3.63, 3.8) is 0 Å². The number of sulfone groups is 1. The van der Waals surface area contributed by atoms with Gasteiger partial charge in [-0.25, -0.2) is 23.4 Å². The average Bonchev–Trinajstić information content (AvgIpc) is 3.04. The van der Waals surface area contributed by atoms with Crippen LogP contribution in [0.15, 0.2) is 47.6 Å². The smallest absolute Gasteiger partial charge is 0.263 e. The summed E-state index contributed by atoms with van der Waals surface area (Å²) in [4.78, 5) is 26.1. The third-order valence-corrected chi connectivity index (χ3v) is 6.20. The van der Waals surface area contributed by atoms with E-state index < -0.39 is 9.84 Å². The Morgan fingerprint density at radius 3 is 2.37 bits per heavy atom. The Morgan fingerprint density at radius 2 is 1.78 bits per heavy atom. The summed E-state index contributed by atoms with van der Waals surface area (Å²) < 4.78 is 23.1. The second-order valence-electron chi connectivity index (χ2n) is 6.04. The van der Waals surface area contributed by atoms with E-state index in [0.29, 0.717) is 21.4 Å².